The minimum atomic E-state index is -0.0739. The molecule has 0 radical (unpaired) electrons. The van der Waals surface area contributed by atoms with Crippen molar-refractivity contribution < 1.29 is 9.90 Å². The van der Waals surface area contributed by atoms with Gasteiger partial charge >= 0.3 is 0 Å². The molecule has 0 aromatic rings. The van der Waals surface area contributed by atoms with Crippen molar-refractivity contribution >= 4 is 5.78 Å². The SMILES string of the molecule is C[C@H]1C[C@@H]2[C@H](CC[C@]3(C)[C@@H](O)C[C@H]4C[C@@]423)[C@@]2(C)CCC(=O)C=C12. The summed E-state index contributed by atoms with van der Waals surface area (Å²) in [4.78, 5) is 12.0. The molecule has 2 heteroatoms. The molecule has 0 unspecified atom stereocenters. The zero-order chi connectivity index (χ0) is 16.2. The van der Waals surface area contributed by atoms with Crippen LogP contribution in [0.25, 0.3) is 0 Å². The molecule has 1 N–H and O–H groups in total. The molecule has 0 aliphatic heterocycles. The van der Waals surface area contributed by atoms with E-state index in [-0.39, 0.29) is 16.9 Å². The number of carbonyl (C=O) groups is 1. The predicted molar refractivity (Wildman–Crippen MR) is 89.7 cm³/mol. The molecule has 4 saturated carbocycles. The van der Waals surface area contributed by atoms with Crippen LogP contribution in [0.2, 0.25) is 0 Å². The molecule has 4 fully saturated rings. The Morgan fingerprint density at radius 2 is 1.96 bits per heavy atom. The molecule has 0 amide bonds. The standard InChI is InChI=1S/C21H30O2/c1-12-8-17-15(19(2)6-4-14(22)10-16(12)19)5-7-20(3)18(23)9-13-11-21(13,17)20/h10,12-13,15,17-18,23H,4-9,11H2,1-3H3/t12-,13-,15-,17+,18-,19+,20+,21+/m0/s1. The van der Waals surface area contributed by atoms with Crippen molar-refractivity contribution in [3.63, 3.8) is 0 Å². The van der Waals surface area contributed by atoms with Gasteiger partial charge < -0.3 is 5.11 Å². The lowest BCUT2D eigenvalue weighted by atomic mass is 9.44. The first-order valence-corrected chi connectivity index (χ1v) is 9.76. The minimum Gasteiger partial charge on any atom is -0.393 e. The third kappa shape index (κ3) is 1.49. The van der Waals surface area contributed by atoms with Gasteiger partial charge in [0, 0.05) is 6.42 Å². The summed E-state index contributed by atoms with van der Waals surface area (Å²) < 4.78 is 0. The van der Waals surface area contributed by atoms with Gasteiger partial charge in [0.1, 0.15) is 0 Å². The number of aliphatic hydroxyl groups is 1. The van der Waals surface area contributed by atoms with Gasteiger partial charge in [0.05, 0.1) is 6.10 Å². The first-order chi connectivity index (χ1) is 10.8. The first-order valence-electron chi connectivity index (χ1n) is 9.76. The molecule has 5 rings (SSSR count). The molecule has 23 heavy (non-hydrogen) atoms. The van der Waals surface area contributed by atoms with Gasteiger partial charge in [-0.2, -0.15) is 0 Å². The summed E-state index contributed by atoms with van der Waals surface area (Å²) in [6.45, 7) is 7.20. The summed E-state index contributed by atoms with van der Waals surface area (Å²) in [6.07, 6.45) is 9.85. The van der Waals surface area contributed by atoms with Gasteiger partial charge in [-0.15, -0.1) is 0 Å². The molecule has 0 bridgehead atoms. The van der Waals surface area contributed by atoms with E-state index < -0.39 is 0 Å². The molecular weight excluding hydrogens is 284 g/mol. The van der Waals surface area contributed by atoms with E-state index in [1.165, 1.54) is 31.3 Å². The van der Waals surface area contributed by atoms with Crippen molar-refractivity contribution in [2.24, 2.45) is 39.9 Å². The fourth-order valence-corrected chi connectivity index (χ4v) is 8.16. The van der Waals surface area contributed by atoms with Gasteiger partial charge in [0.2, 0.25) is 0 Å². The van der Waals surface area contributed by atoms with Gasteiger partial charge in [-0.1, -0.05) is 26.3 Å². The van der Waals surface area contributed by atoms with Crippen molar-refractivity contribution in [1.29, 1.82) is 0 Å². The second kappa shape index (κ2) is 4.12. The molecular formula is C21H30O2. The van der Waals surface area contributed by atoms with Crippen LogP contribution in [0, 0.1) is 39.9 Å². The predicted octanol–water partition coefficient (Wildman–Crippen LogP) is 4.13. The van der Waals surface area contributed by atoms with Gasteiger partial charge in [-0.05, 0) is 84.5 Å². The van der Waals surface area contributed by atoms with Crippen molar-refractivity contribution in [2.75, 3.05) is 0 Å². The van der Waals surface area contributed by atoms with Crippen LogP contribution in [0.15, 0.2) is 11.6 Å². The number of aliphatic hydroxyl groups excluding tert-OH is 1. The van der Waals surface area contributed by atoms with E-state index >= 15 is 0 Å². The highest BCUT2D eigenvalue weighted by molar-refractivity contribution is 5.91. The normalized spacial score (nSPS) is 60.3. The summed E-state index contributed by atoms with van der Waals surface area (Å²) in [5.74, 6) is 3.18. The summed E-state index contributed by atoms with van der Waals surface area (Å²) >= 11 is 0. The van der Waals surface area contributed by atoms with Crippen molar-refractivity contribution in [3.05, 3.63) is 11.6 Å². The summed E-state index contributed by atoms with van der Waals surface area (Å²) in [5, 5.41) is 10.7. The highest BCUT2D eigenvalue weighted by Gasteiger charge is 2.78. The second-order valence-electron chi connectivity index (χ2n) is 9.98. The molecule has 0 aromatic heterocycles. The number of rotatable bonds is 0. The van der Waals surface area contributed by atoms with Gasteiger partial charge in [0.25, 0.3) is 0 Å². The van der Waals surface area contributed by atoms with E-state index in [2.05, 4.69) is 20.8 Å². The topological polar surface area (TPSA) is 37.3 Å². The van der Waals surface area contributed by atoms with E-state index in [4.69, 9.17) is 0 Å². The fourth-order valence-electron chi connectivity index (χ4n) is 8.16. The highest BCUT2D eigenvalue weighted by atomic mass is 16.3. The number of hydrogen-bond donors (Lipinski definition) is 1. The van der Waals surface area contributed by atoms with Crippen LogP contribution in [0.4, 0.5) is 0 Å². The third-order valence-electron chi connectivity index (χ3n) is 9.40. The monoisotopic (exact) mass is 314 g/mol. The lowest BCUT2D eigenvalue weighted by Gasteiger charge is -2.60. The lowest BCUT2D eigenvalue weighted by Crippen LogP contribution is -2.55. The quantitative estimate of drug-likeness (QED) is 0.730. The Bertz CT molecular complexity index is 621. The van der Waals surface area contributed by atoms with Gasteiger partial charge in [-0.3, -0.25) is 4.79 Å². The zero-order valence-electron chi connectivity index (χ0n) is 14.8. The Kier molecular flexibility index (Phi) is 2.63. The molecule has 1 spiro atoms. The number of allylic oxidation sites excluding steroid dienone is 1. The molecule has 5 aliphatic carbocycles. The van der Waals surface area contributed by atoms with Gasteiger partial charge in [0.15, 0.2) is 5.78 Å². The van der Waals surface area contributed by atoms with Gasteiger partial charge in [-0.25, -0.2) is 0 Å². The van der Waals surface area contributed by atoms with Crippen molar-refractivity contribution in [3.8, 4) is 0 Å². The van der Waals surface area contributed by atoms with E-state index in [9.17, 15) is 9.90 Å². The van der Waals surface area contributed by atoms with Crippen LogP contribution < -0.4 is 0 Å². The molecule has 126 valence electrons. The number of fused-ring (bicyclic) bond motifs is 3. The third-order valence-corrected chi connectivity index (χ3v) is 9.40. The zero-order valence-corrected chi connectivity index (χ0v) is 14.8. The van der Waals surface area contributed by atoms with E-state index in [0.29, 0.717) is 17.1 Å². The Labute approximate surface area is 139 Å². The Morgan fingerprint density at radius 1 is 1.17 bits per heavy atom. The van der Waals surface area contributed by atoms with E-state index in [0.717, 1.165) is 37.0 Å². The molecule has 0 saturated heterocycles. The van der Waals surface area contributed by atoms with Crippen LogP contribution in [0.5, 0.6) is 0 Å². The average molecular weight is 314 g/mol. The number of carbonyl (C=O) groups excluding carboxylic acids is 1. The number of hydrogen-bond acceptors (Lipinski definition) is 2. The molecule has 0 heterocycles. The van der Waals surface area contributed by atoms with Crippen LogP contribution >= 0.6 is 0 Å². The largest absolute Gasteiger partial charge is 0.393 e. The van der Waals surface area contributed by atoms with Crippen LogP contribution in [-0.4, -0.2) is 17.0 Å². The van der Waals surface area contributed by atoms with Crippen LogP contribution in [0.1, 0.15) is 65.7 Å². The summed E-state index contributed by atoms with van der Waals surface area (Å²) in [7, 11) is 0. The first kappa shape index (κ1) is 14.7. The average Bonchev–Trinajstić information content (AvgIpc) is 3.16. The van der Waals surface area contributed by atoms with E-state index in [1.54, 1.807) is 0 Å². The van der Waals surface area contributed by atoms with Crippen LogP contribution in [0.3, 0.4) is 0 Å². The lowest BCUT2D eigenvalue weighted by molar-refractivity contribution is -0.122. The summed E-state index contributed by atoms with van der Waals surface area (Å²) in [5.41, 5.74) is 2.30. The molecule has 0 aromatic carbocycles. The Balaban J connectivity index is 1.60. The summed E-state index contributed by atoms with van der Waals surface area (Å²) in [6, 6.07) is 0. The minimum absolute atomic E-state index is 0.0739. The number of ketones is 1. The smallest absolute Gasteiger partial charge is 0.155 e. The second-order valence-corrected chi connectivity index (χ2v) is 9.98. The Morgan fingerprint density at radius 3 is 2.74 bits per heavy atom. The maximum atomic E-state index is 12.0. The maximum absolute atomic E-state index is 12.0. The van der Waals surface area contributed by atoms with E-state index in [1.807, 2.05) is 6.08 Å². The molecule has 5 aliphatic rings. The van der Waals surface area contributed by atoms with Crippen molar-refractivity contribution in [2.45, 2.75) is 71.8 Å². The molecule has 2 nitrogen and oxygen atoms in total. The fraction of sp³-hybridized carbons (Fsp3) is 0.857. The highest BCUT2D eigenvalue weighted by Crippen LogP contribution is 2.82. The van der Waals surface area contributed by atoms with Crippen LogP contribution in [-0.2, 0) is 4.79 Å². The Hall–Kier alpha value is -0.630. The maximum Gasteiger partial charge on any atom is 0.155 e. The molecule has 8 atom stereocenters. The van der Waals surface area contributed by atoms with Crippen molar-refractivity contribution in [1.82, 2.24) is 0 Å².